The van der Waals surface area contributed by atoms with Crippen molar-refractivity contribution in [3.8, 4) is 0 Å². The van der Waals surface area contributed by atoms with E-state index in [-0.39, 0.29) is 11.9 Å². The van der Waals surface area contributed by atoms with Crippen LogP contribution in [0.4, 0.5) is 0 Å². The van der Waals surface area contributed by atoms with Crippen molar-refractivity contribution >= 4 is 17.5 Å². The van der Waals surface area contributed by atoms with Crippen molar-refractivity contribution in [3.05, 3.63) is 34.3 Å². The van der Waals surface area contributed by atoms with Crippen LogP contribution in [0.3, 0.4) is 0 Å². The van der Waals surface area contributed by atoms with Gasteiger partial charge in [-0.2, -0.15) is 0 Å². The summed E-state index contributed by atoms with van der Waals surface area (Å²) < 4.78 is 5.73. The first kappa shape index (κ1) is 14.8. The van der Waals surface area contributed by atoms with Crippen LogP contribution >= 0.6 is 11.6 Å². The molecule has 1 aromatic carbocycles. The van der Waals surface area contributed by atoms with Gasteiger partial charge >= 0.3 is 0 Å². The summed E-state index contributed by atoms with van der Waals surface area (Å²) in [5.41, 5.74) is 1.68. The molecule has 114 valence electrons. The fourth-order valence-corrected chi connectivity index (χ4v) is 3.48. The van der Waals surface area contributed by atoms with Crippen LogP contribution in [-0.4, -0.2) is 61.6 Å². The Kier molecular flexibility index (Phi) is 4.20. The first-order valence-electron chi connectivity index (χ1n) is 7.38. The first-order valence-corrected chi connectivity index (χ1v) is 7.76. The third kappa shape index (κ3) is 3.07. The smallest absolute Gasteiger partial charge is 0.254 e. The molecule has 3 rings (SSSR count). The van der Waals surface area contributed by atoms with Gasteiger partial charge in [0.05, 0.1) is 19.3 Å². The minimum absolute atomic E-state index is 0.0748. The molecule has 0 saturated carbocycles. The predicted octanol–water partition coefficient (Wildman–Crippen LogP) is 2.05. The van der Waals surface area contributed by atoms with E-state index in [1.807, 2.05) is 24.0 Å². The average molecular weight is 309 g/mol. The number of amides is 1. The summed E-state index contributed by atoms with van der Waals surface area (Å²) in [6.07, 6.45) is 0. The van der Waals surface area contributed by atoms with Gasteiger partial charge in [0.1, 0.15) is 0 Å². The summed E-state index contributed by atoms with van der Waals surface area (Å²) in [7, 11) is 2.12. The van der Waals surface area contributed by atoms with Crippen LogP contribution in [0.15, 0.2) is 18.2 Å². The molecule has 0 aliphatic carbocycles. The molecule has 2 bridgehead atoms. The van der Waals surface area contributed by atoms with Gasteiger partial charge < -0.3 is 14.5 Å². The Hall–Kier alpha value is -1.10. The number of fused-ring (bicyclic) bond motifs is 3. The third-order valence-electron chi connectivity index (χ3n) is 4.34. The van der Waals surface area contributed by atoms with Crippen molar-refractivity contribution in [1.29, 1.82) is 0 Å². The van der Waals surface area contributed by atoms with Gasteiger partial charge in [-0.3, -0.25) is 4.79 Å². The Labute approximate surface area is 130 Å². The highest BCUT2D eigenvalue weighted by molar-refractivity contribution is 6.31. The number of halogens is 1. The van der Waals surface area contributed by atoms with Gasteiger partial charge in [-0.15, -0.1) is 0 Å². The van der Waals surface area contributed by atoms with E-state index in [1.165, 1.54) is 0 Å². The lowest BCUT2D eigenvalue weighted by atomic mass is 10.1. The number of ether oxygens (including phenoxy) is 1. The molecule has 4 nitrogen and oxygen atoms in total. The molecule has 5 heteroatoms. The van der Waals surface area contributed by atoms with Crippen molar-refractivity contribution in [2.45, 2.75) is 13.0 Å². The highest BCUT2D eigenvalue weighted by Gasteiger charge is 2.35. The number of aryl methyl sites for hydroxylation is 1. The maximum atomic E-state index is 13.0. The van der Waals surface area contributed by atoms with E-state index in [4.69, 9.17) is 16.3 Å². The summed E-state index contributed by atoms with van der Waals surface area (Å²) in [4.78, 5) is 17.3. The topological polar surface area (TPSA) is 32.8 Å². The largest absolute Gasteiger partial charge is 0.379 e. The number of hydrogen-bond acceptors (Lipinski definition) is 3. The number of likely N-dealkylation sites (N-methyl/N-ethyl adjacent to an activating group) is 1. The Bertz CT molecular complexity index is 549. The van der Waals surface area contributed by atoms with Gasteiger partial charge in [0.25, 0.3) is 5.91 Å². The maximum Gasteiger partial charge on any atom is 0.254 e. The molecule has 0 unspecified atom stereocenters. The van der Waals surface area contributed by atoms with Crippen LogP contribution in [-0.2, 0) is 4.74 Å². The molecule has 0 spiro atoms. The molecule has 0 aromatic heterocycles. The van der Waals surface area contributed by atoms with Crippen molar-refractivity contribution in [2.75, 3.05) is 39.9 Å². The summed E-state index contributed by atoms with van der Waals surface area (Å²) in [5.74, 6) is 0.455. The molecule has 21 heavy (non-hydrogen) atoms. The molecule has 2 fully saturated rings. The van der Waals surface area contributed by atoms with Crippen molar-refractivity contribution in [3.63, 3.8) is 0 Å². The zero-order valence-corrected chi connectivity index (χ0v) is 13.3. The van der Waals surface area contributed by atoms with E-state index in [2.05, 4.69) is 11.9 Å². The summed E-state index contributed by atoms with van der Waals surface area (Å²) in [6.45, 7) is 5.91. The minimum atomic E-state index is 0.0748. The number of hydrogen-bond donors (Lipinski definition) is 0. The minimum Gasteiger partial charge on any atom is -0.379 e. The van der Waals surface area contributed by atoms with Gasteiger partial charge in [0.2, 0.25) is 0 Å². The highest BCUT2D eigenvalue weighted by atomic mass is 35.5. The number of nitrogens with zero attached hydrogens (tertiary/aromatic N) is 2. The Balaban J connectivity index is 1.91. The predicted molar refractivity (Wildman–Crippen MR) is 82.8 cm³/mol. The quantitative estimate of drug-likeness (QED) is 0.796. The van der Waals surface area contributed by atoms with E-state index < -0.39 is 0 Å². The third-order valence-corrected chi connectivity index (χ3v) is 4.58. The van der Waals surface area contributed by atoms with E-state index in [0.29, 0.717) is 23.1 Å². The second kappa shape index (κ2) is 5.95. The zero-order valence-electron chi connectivity index (χ0n) is 12.5. The molecule has 2 saturated heterocycles. The lowest BCUT2D eigenvalue weighted by molar-refractivity contribution is 0.0483. The summed E-state index contributed by atoms with van der Waals surface area (Å²) in [6, 6.07) is 5.62. The van der Waals surface area contributed by atoms with E-state index in [9.17, 15) is 4.79 Å². The molecule has 2 atom stereocenters. The number of carbonyl (C=O) groups excluding carboxylic acids is 1. The van der Waals surface area contributed by atoms with Crippen LogP contribution in [0.2, 0.25) is 5.02 Å². The average Bonchev–Trinajstić information content (AvgIpc) is 2.71. The summed E-state index contributed by atoms with van der Waals surface area (Å²) >= 11 is 6.06. The van der Waals surface area contributed by atoms with Crippen LogP contribution in [0.25, 0.3) is 0 Å². The fraction of sp³-hybridized carbons (Fsp3) is 0.562. The lowest BCUT2D eigenvalue weighted by Gasteiger charge is -2.30. The normalized spacial score (nSPS) is 26.5. The standard InChI is InChI=1S/C16H21ClN2O2/c1-11-3-4-13(17)5-15(11)16(20)19-7-12-6-18(2)8-14(19)10-21-9-12/h3-5,12,14H,6-10H2,1-2H3/t12-,14-/m0/s1. The second-order valence-electron chi connectivity index (χ2n) is 6.20. The van der Waals surface area contributed by atoms with E-state index in [1.54, 1.807) is 6.07 Å². The van der Waals surface area contributed by atoms with Gasteiger partial charge in [-0.25, -0.2) is 0 Å². The fourth-order valence-electron chi connectivity index (χ4n) is 3.31. The van der Waals surface area contributed by atoms with E-state index >= 15 is 0 Å². The number of benzene rings is 1. The van der Waals surface area contributed by atoms with Gasteiger partial charge in [-0.05, 0) is 31.7 Å². The zero-order chi connectivity index (χ0) is 15.0. The van der Waals surface area contributed by atoms with Crippen LogP contribution in [0, 0.1) is 12.8 Å². The molecule has 1 amide bonds. The first-order chi connectivity index (χ1) is 10.0. The van der Waals surface area contributed by atoms with Crippen molar-refractivity contribution in [1.82, 2.24) is 9.80 Å². The number of rotatable bonds is 1. The Morgan fingerprint density at radius 1 is 1.29 bits per heavy atom. The Morgan fingerprint density at radius 2 is 2.10 bits per heavy atom. The highest BCUT2D eigenvalue weighted by Crippen LogP contribution is 2.23. The second-order valence-corrected chi connectivity index (χ2v) is 6.63. The lowest BCUT2D eigenvalue weighted by Crippen LogP contribution is -2.46. The maximum absolute atomic E-state index is 13.0. The van der Waals surface area contributed by atoms with Crippen molar-refractivity contribution < 1.29 is 9.53 Å². The summed E-state index contributed by atoms with van der Waals surface area (Å²) in [5, 5.41) is 0.607. The van der Waals surface area contributed by atoms with E-state index in [0.717, 1.165) is 31.8 Å². The van der Waals surface area contributed by atoms with Crippen LogP contribution in [0.5, 0.6) is 0 Å². The van der Waals surface area contributed by atoms with Gasteiger partial charge in [0.15, 0.2) is 0 Å². The van der Waals surface area contributed by atoms with Gasteiger partial charge in [-0.1, -0.05) is 17.7 Å². The molecule has 2 aliphatic heterocycles. The monoisotopic (exact) mass is 308 g/mol. The van der Waals surface area contributed by atoms with Gasteiger partial charge in [0, 0.05) is 36.1 Å². The molecule has 0 radical (unpaired) electrons. The Morgan fingerprint density at radius 3 is 2.90 bits per heavy atom. The molecular weight excluding hydrogens is 288 g/mol. The van der Waals surface area contributed by atoms with Crippen molar-refractivity contribution in [2.24, 2.45) is 5.92 Å². The SMILES string of the molecule is Cc1ccc(Cl)cc1C(=O)N1C[C@H]2COC[C@@H]1CN(C)C2. The molecule has 2 aliphatic rings. The number of carbonyl (C=O) groups is 1. The van der Waals surface area contributed by atoms with Crippen LogP contribution in [0.1, 0.15) is 15.9 Å². The molecule has 2 heterocycles. The molecule has 1 aromatic rings. The molecule has 0 N–H and O–H groups in total. The van der Waals surface area contributed by atoms with Crippen LogP contribution < -0.4 is 0 Å². The molecular formula is C16H21ClN2O2.